The average molecular weight is 136 g/mol. The summed E-state index contributed by atoms with van der Waals surface area (Å²) in [6, 6.07) is 0. The third-order valence-electron chi connectivity index (χ3n) is 0.175. The molecule has 0 rings (SSSR count). The summed E-state index contributed by atoms with van der Waals surface area (Å²) in [4.78, 5) is 9.15. The molecule has 8 heavy (non-hydrogen) atoms. The van der Waals surface area contributed by atoms with Crippen LogP contribution < -0.4 is 0 Å². The molecule has 6 heteroatoms. The summed E-state index contributed by atoms with van der Waals surface area (Å²) in [6.45, 7) is 0. The monoisotopic (exact) mass is 136 g/mol. The van der Waals surface area contributed by atoms with Crippen LogP contribution in [0.25, 0.3) is 0 Å². The first-order valence-electron chi connectivity index (χ1n) is 1.04. The van der Waals surface area contributed by atoms with Crippen LogP contribution in [-0.4, -0.2) is 18.4 Å². The molecule has 0 saturated carbocycles. The van der Waals surface area contributed by atoms with Gasteiger partial charge in [-0.15, -0.1) is 0 Å². The van der Waals surface area contributed by atoms with E-state index >= 15 is 0 Å². The smallest absolute Gasteiger partial charge is 0.450 e. The molecule has 0 fully saturated rings. The molecule has 0 aliphatic heterocycles. The first-order valence-corrected chi connectivity index (χ1v) is 1.04. The Kier molecular flexibility index (Phi) is 57.4. The molecule has 54 valence electrons. The van der Waals surface area contributed by atoms with E-state index in [9.17, 15) is 0 Å². The van der Waals surface area contributed by atoms with Gasteiger partial charge in [0.1, 0.15) is 0 Å². The molecule has 0 radical (unpaired) electrons. The van der Waals surface area contributed by atoms with Crippen LogP contribution in [0.15, 0.2) is 0 Å². The quantitative estimate of drug-likeness (QED) is 0.500. The van der Waals surface area contributed by atoms with Crippen molar-refractivity contribution < 1.29 is 28.8 Å². The van der Waals surface area contributed by atoms with Crippen molar-refractivity contribution in [2.24, 2.45) is 0 Å². The highest BCUT2D eigenvalue weighted by atomic mass is 19.0. The van der Waals surface area contributed by atoms with Crippen molar-refractivity contribution in [1.82, 2.24) is 0 Å². The van der Waals surface area contributed by atoms with Crippen molar-refractivity contribution in [2.75, 3.05) is 7.11 Å². The Balaban J connectivity index is -0.0000000267. The third kappa shape index (κ3) is 74.2. The molecule has 0 spiro atoms. The van der Waals surface area contributed by atoms with Gasteiger partial charge in [-0.3, -0.25) is 14.1 Å². The van der Waals surface area contributed by atoms with Gasteiger partial charge in [0.25, 0.3) is 0 Å². The van der Waals surface area contributed by atoms with Crippen molar-refractivity contribution in [3.63, 3.8) is 0 Å². The minimum absolute atomic E-state index is 0. The number of methoxy groups -OCH3 is 1. The van der Waals surface area contributed by atoms with Crippen molar-refractivity contribution in [3.8, 4) is 0 Å². The predicted molar refractivity (Wildman–Crippen MR) is 22.5 cm³/mol. The second kappa shape index (κ2) is 16.6. The van der Waals surface area contributed by atoms with E-state index in [0.29, 0.717) is 0 Å². The molecule has 0 aliphatic carbocycles. The molecule has 0 atom stereocenters. The van der Waals surface area contributed by atoms with E-state index in [-0.39, 0.29) is 14.1 Å². The maximum absolute atomic E-state index is 9.15. The van der Waals surface area contributed by atoms with Gasteiger partial charge in [0, 0.05) is 0 Å². The fraction of sp³-hybridized carbons (Fsp3) is 0.500. The number of ether oxygens (including phenoxy) is 1. The Bertz CT molecular complexity index is 47.8. The number of carboxylic acid groups (broad SMARTS) is 1. The lowest BCUT2D eigenvalue weighted by Crippen LogP contribution is -1.91. The molecule has 0 amide bonds. The maximum atomic E-state index is 9.15. The summed E-state index contributed by atoms with van der Waals surface area (Å²) in [5.74, 6) is 0. The SMILES string of the molecule is COC(=O)O.F.F.F. The maximum Gasteiger partial charge on any atom is 0.505 e. The van der Waals surface area contributed by atoms with Crippen molar-refractivity contribution in [1.29, 1.82) is 0 Å². The molecule has 0 aromatic rings. The summed E-state index contributed by atoms with van der Waals surface area (Å²) in [6.07, 6.45) is -1.25. The molecule has 0 aromatic heterocycles. The first-order chi connectivity index (χ1) is 2.27. The standard InChI is InChI=1S/C2H4O3.3FH/c1-5-2(3)4;;;/h1H3,(H,3,4);3*1H. The van der Waals surface area contributed by atoms with Gasteiger partial charge < -0.3 is 9.84 Å². The Morgan fingerprint density at radius 3 is 1.50 bits per heavy atom. The Hall–Kier alpha value is -0.940. The molecule has 3 nitrogen and oxygen atoms in total. The molecule has 0 bridgehead atoms. The van der Waals surface area contributed by atoms with Crippen LogP contribution in [0.1, 0.15) is 0 Å². The summed E-state index contributed by atoms with van der Waals surface area (Å²) in [5.41, 5.74) is 0. The Morgan fingerprint density at radius 1 is 1.38 bits per heavy atom. The van der Waals surface area contributed by atoms with Gasteiger partial charge in [-0.2, -0.15) is 0 Å². The normalized spacial score (nSPS) is 4.12. The molecule has 0 saturated heterocycles. The second-order valence-corrected chi connectivity index (χ2v) is 0.470. The molecular weight excluding hydrogens is 129 g/mol. The third-order valence-corrected chi connectivity index (χ3v) is 0.175. The van der Waals surface area contributed by atoms with Crippen LogP contribution in [0.2, 0.25) is 0 Å². The molecule has 0 heterocycles. The van der Waals surface area contributed by atoms with Crippen molar-refractivity contribution in [3.05, 3.63) is 0 Å². The zero-order chi connectivity index (χ0) is 4.28. The van der Waals surface area contributed by atoms with Crippen molar-refractivity contribution in [2.45, 2.75) is 0 Å². The minimum Gasteiger partial charge on any atom is -0.450 e. The van der Waals surface area contributed by atoms with E-state index in [4.69, 9.17) is 9.90 Å². The molecule has 0 aromatic carbocycles. The topological polar surface area (TPSA) is 46.5 Å². The zero-order valence-electron chi connectivity index (χ0n) is 3.99. The fourth-order valence-corrected chi connectivity index (χ4v) is 0. The lowest BCUT2D eigenvalue weighted by molar-refractivity contribution is 0.114. The lowest BCUT2D eigenvalue weighted by Gasteiger charge is -1.79. The number of rotatable bonds is 0. The molecule has 0 aliphatic rings. The van der Waals surface area contributed by atoms with Gasteiger partial charge in [-0.1, -0.05) is 0 Å². The van der Waals surface area contributed by atoms with E-state index in [2.05, 4.69) is 4.74 Å². The van der Waals surface area contributed by atoms with Gasteiger partial charge in [0.15, 0.2) is 0 Å². The van der Waals surface area contributed by atoms with Crippen LogP contribution in [0.4, 0.5) is 18.9 Å². The summed E-state index contributed by atoms with van der Waals surface area (Å²) in [5, 5.41) is 7.50. The molecule has 0 unspecified atom stereocenters. The minimum atomic E-state index is -1.25. The zero-order valence-corrected chi connectivity index (χ0v) is 3.99. The van der Waals surface area contributed by atoms with Crippen LogP contribution in [0.3, 0.4) is 0 Å². The lowest BCUT2D eigenvalue weighted by atomic mass is 11.4. The van der Waals surface area contributed by atoms with Gasteiger partial charge in [0.05, 0.1) is 7.11 Å². The van der Waals surface area contributed by atoms with E-state index in [1.807, 2.05) is 0 Å². The predicted octanol–water partition coefficient (Wildman–Crippen LogP) is 0.768. The van der Waals surface area contributed by atoms with E-state index in [1.165, 1.54) is 0 Å². The van der Waals surface area contributed by atoms with E-state index in [0.717, 1.165) is 7.11 Å². The molecular formula is C2H7F3O3. The first kappa shape index (κ1) is 27.7. The van der Waals surface area contributed by atoms with Gasteiger partial charge in [-0.25, -0.2) is 4.79 Å². The largest absolute Gasteiger partial charge is 0.505 e. The summed E-state index contributed by atoms with van der Waals surface area (Å²) >= 11 is 0. The number of halogens is 3. The molecule has 1 N–H and O–H groups in total. The van der Waals surface area contributed by atoms with Crippen LogP contribution in [0, 0.1) is 0 Å². The van der Waals surface area contributed by atoms with Gasteiger partial charge >= 0.3 is 6.16 Å². The average Bonchev–Trinajstić information content (AvgIpc) is 1.38. The van der Waals surface area contributed by atoms with Crippen molar-refractivity contribution >= 4 is 6.16 Å². The highest BCUT2D eigenvalue weighted by Crippen LogP contribution is 1.60. The number of hydrogen-bond acceptors (Lipinski definition) is 2. The van der Waals surface area contributed by atoms with E-state index in [1.54, 1.807) is 0 Å². The van der Waals surface area contributed by atoms with Crippen LogP contribution >= 0.6 is 0 Å². The number of hydrogen-bond donors (Lipinski definition) is 1. The Morgan fingerprint density at radius 2 is 1.50 bits per heavy atom. The van der Waals surface area contributed by atoms with Gasteiger partial charge in [-0.05, 0) is 0 Å². The summed E-state index contributed by atoms with van der Waals surface area (Å²) < 4.78 is 3.67. The van der Waals surface area contributed by atoms with E-state index < -0.39 is 6.16 Å². The highest BCUT2D eigenvalue weighted by Gasteiger charge is 1.80. The van der Waals surface area contributed by atoms with Crippen LogP contribution in [0.5, 0.6) is 0 Å². The fourth-order valence-electron chi connectivity index (χ4n) is 0. The van der Waals surface area contributed by atoms with Gasteiger partial charge in [0.2, 0.25) is 0 Å². The number of carbonyl (C=O) groups is 1. The highest BCUT2D eigenvalue weighted by molar-refractivity contribution is 5.56. The second-order valence-electron chi connectivity index (χ2n) is 0.470. The van der Waals surface area contributed by atoms with Crippen LogP contribution in [-0.2, 0) is 4.74 Å². The summed E-state index contributed by atoms with van der Waals surface area (Å²) in [7, 11) is 1.10. The Labute approximate surface area is 43.4 Å².